The maximum Gasteiger partial charge on any atom is 0.183 e. The Morgan fingerprint density at radius 3 is 2.62 bits per heavy atom. The minimum atomic E-state index is 0.290. The molecule has 0 radical (unpaired) electrons. The zero-order chi connectivity index (χ0) is 9.73. The molecule has 0 saturated heterocycles. The summed E-state index contributed by atoms with van der Waals surface area (Å²) in [6, 6.07) is 0. The largest absolute Gasteiger partial charge is 0.272 e. The van der Waals surface area contributed by atoms with Gasteiger partial charge in [0, 0.05) is 11.8 Å². The minimum Gasteiger partial charge on any atom is -0.272 e. The molecule has 0 aromatic rings. The van der Waals surface area contributed by atoms with Crippen LogP contribution in [0.1, 0.15) is 32.6 Å². The van der Waals surface area contributed by atoms with Crippen molar-refractivity contribution in [2.75, 3.05) is 7.05 Å². The van der Waals surface area contributed by atoms with Gasteiger partial charge in [-0.3, -0.25) is 10.3 Å². The lowest BCUT2D eigenvalue weighted by Crippen LogP contribution is -2.23. The molecule has 3 nitrogen and oxygen atoms in total. The second-order valence-electron chi connectivity index (χ2n) is 3.52. The highest BCUT2D eigenvalue weighted by Crippen LogP contribution is 2.41. The van der Waals surface area contributed by atoms with Crippen LogP contribution in [0.4, 0.5) is 0 Å². The number of aliphatic imine (C=N–C) groups is 1. The van der Waals surface area contributed by atoms with Crippen molar-refractivity contribution < 1.29 is 0 Å². The number of hydrogen-bond acceptors (Lipinski definition) is 3. The average molecular weight is 197 g/mol. The van der Waals surface area contributed by atoms with E-state index >= 15 is 0 Å². The smallest absolute Gasteiger partial charge is 0.183 e. The maximum atomic E-state index is 8.47. The summed E-state index contributed by atoms with van der Waals surface area (Å²) in [7, 11) is 1.71. The first kappa shape index (κ1) is 10.4. The molecular weight excluding hydrogens is 182 g/mol. The van der Waals surface area contributed by atoms with E-state index in [0.717, 1.165) is 5.17 Å². The quantitative estimate of drug-likeness (QED) is 0.303. The molecule has 0 heterocycles. The van der Waals surface area contributed by atoms with E-state index in [-0.39, 0.29) is 0 Å². The van der Waals surface area contributed by atoms with Crippen molar-refractivity contribution in [3.63, 3.8) is 0 Å². The second-order valence-corrected chi connectivity index (χ2v) is 5.10. The van der Waals surface area contributed by atoms with Gasteiger partial charge in [-0.15, -0.1) is 0 Å². The number of amidine groups is 1. The van der Waals surface area contributed by atoms with E-state index in [0.29, 0.717) is 4.75 Å². The van der Waals surface area contributed by atoms with Gasteiger partial charge in [-0.1, -0.05) is 24.6 Å². The lowest BCUT2D eigenvalue weighted by atomic mass is 10.1. The molecule has 13 heavy (non-hydrogen) atoms. The standard InChI is InChI=1S/C9H15N3S/c1-9(5-3-4-6-9)13-8(11-2)12-7-10/h3-6H2,1-2H3,(H,11,12). The van der Waals surface area contributed by atoms with E-state index in [1.165, 1.54) is 25.7 Å². The van der Waals surface area contributed by atoms with Crippen LogP contribution in [0, 0.1) is 11.5 Å². The Hall–Kier alpha value is -0.690. The number of nitriles is 1. The van der Waals surface area contributed by atoms with Crippen LogP contribution in [0.3, 0.4) is 0 Å². The van der Waals surface area contributed by atoms with Crippen LogP contribution in [0.15, 0.2) is 4.99 Å². The SMILES string of the molecule is CN=C(NC#N)SC1(C)CCCC1. The van der Waals surface area contributed by atoms with Crippen molar-refractivity contribution in [3.05, 3.63) is 0 Å². The molecule has 4 heteroatoms. The number of hydrogen-bond donors (Lipinski definition) is 1. The highest BCUT2D eigenvalue weighted by Gasteiger charge is 2.30. The third kappa shape index (κ3) is 2.92. The molecule has 1 fully saturated rings. The second kappa shape index (κ2) is 4.52. The Labute approximate surface area is 83.6 Å². The number of thioether (sulfide) groups is 1. The molecule has 0 spiro atoms. The maximum absolute atomic E-state index is 8.47. The van der Waals surface area contributed by atoms with Crippen molar-refractivity contribution in [2.24, 2.45) is 4.99 Å². The lowest BCUT2D eigenvalue weighted by Gasteiger charge is -2.22. The van der Waals surface area contributed by atoms with Gasteiger partial charge in [-0.25, -0.2) is 0 Å². The van der Waals surface area contributed by atoms with E-state index in [1.54, 1.807) is 18.8 Å². The fraction of sp³-hybridized carbons (Fsp3) is 0.778. The fourth-order valence-electron chi connectivity index (χ4n) is 1.63. The number of nitrogens with one attached hydrogen (secondary N) is 1. The Bertz CT molecular complexity index is 236. The van der Waals surface area contributed by atoms with Gasteiger partial charge in [0.25, 0.3) is 0 Å². The normalized spacial score (nSPS) is 21.2. The van der Waals surface area contributed by atoms with E-state index < -0.39 is 0 Å². The molecule has 1 saturated carbocycles. The molecule has 0 aromatic carbocycles. The topological polar surface area (TPSA) is 48.2 Å². The molecule has 0 bridgehead atoms. The summed E-state index contributed by atoms with van der Waals surface area (Å²) in [6.07, 6.45) is 6.96. The van der Waals surface area contributed by atoms with Gasteiger partial charge in [-0.05, 0) is 19.8 Å². The van der Waals surface area contributed by atoms with Crippen molar-refractivity contribution >= 4 is 16.9 Å². The molecule has 72 valence electrons. The summed E-state index contributed by atoms with van der Waals surface area (Å²) >= 11 is 1.70. The van der Waals surface area contributed by atoms with Crippen LogP contribution in [-0.2, 0) is 0 Å². The zero-order valence-corrected chi connectivity index (χ0v) is 8.95. The Morgan fingerprint density at radius 2 is 2.15 bits per heavy atom. The zero-order valence-electron chi connectivity index (χ0n) is 8.13. The van der Waals surface area contributed by atoms with Gasteiger partial charge in [0.2, 0.25) is 0 Å². The first-order valence-electron chi connectivity index (χ1n) is 4.51. The predicted molar refractivity (Wildman–Crippen MR) is 56.6 cm³/mol. The fourth-order valence-corrected chi connectivity index (χ4v) is 2.78. The average Bonchev–Trinajstić information content (AvgIpc) is 2.51. The minimum absolute atomic E-state index is 0.290. The Morgan fingerprint density at radius 1 is 1.54 bits per heavy atom. The summed E-state index contributed by atoms with van der Waals surface area (Å²) in [5, 5.41) is 11.8. The summed E-state index contributed by atoms with van der Waals surface area (Å²) in [5.74, 6) is 0. The number of rotatable bonds is 1. The summed E-state index contributed by atoms with van der Waals surface area (Å²) in [5.41, 5.74) is 0. The van der Waals surface area contributed by atoms with Crippen LogP contribution < -0.4 is 5.32 Å². The highest BCUT2D eigenvalue weighted by molar-refractivity contribution is 8.15. The molecule has 1 N–H and O–H groups in total. The molecule has 0 unspecified atom stereocenters. The lowest BCUT2D eigenvalue weighted by molar-refractivity contribution is 0.676. The molecule has 1 rings (SSSR count). The van der Waals surface area contributed by atoms with Crippen LogP contribution in [0.2, 0.25) is 0 Å². The van der Waals surface area contributed by atoms with E-state index in [1.807, 2.05) is 6.19 Å². The molecule has 0 amide bonds. The Kier molecular flexibility index (Phi) is 3.61. The molecule has 0 atom stereocenters. The monoisotopic (exact) mass is 197 g/mol. The van der Waals surface area contributed by atoms with Crippen molar-refractivity contribution in [1.29, 1.82) is 5.26 Å². The molecule has 1 aliphatic rings. The van der Waals surface area contributed by atoms with Crippen LogP contribution in [-0.4, -0.2) is 17.0 Å². The summed E-state index contributed by atoms with van der Waals surface area (Å²) < 4.78 is 0.290. The third-order valence-corrected chi connectivity index (χ3v) is 3.75. The van der Waals surface area contributed by atoms with Crippen molar-refractivity contribution in [2.45, 2.75) is 37.4 Å². The van der Waals surface area contributed by atoms with Gasteiger partial charge >= 0.3 is 0 Å². The van der Waals surface area contributed by atoms with Gasteiger partial charge in [0.05, 0.1) is 0 Å². The first-order valence-corrected chi connectivity index (χ1v) is 5.33. The highest BCUT2D eigenvalue weighted by atomic mass is 32.2. The van der Waals surface area contributed by atoms with Gasteiger partial charge < -0.3 is 0 Å². The van der Waals surface area contributed by atoms with Crippen molar-refractivity contribution in [3.8, 4) is 6.19 Å². The summed E-state index contributed by atoms with van der Waals surface area (Å²) in [4.78, 5) is 4.03. The molecular formula is C9H15N3S. The van der Waals surface area contributed by atoms with E-state index in [9.17, 15) is 0 Å². The number of nitrogens with zero attached hydrogens (tertiary/aromatic N) is 2. The van der Waals surface area contributed by atoms with Crippen LogP contribution in [0.5, 0.6) is 0 Å². The van der Waals surface area contributed by atoms with Gasteiger partial charge in [0.15, 0.2) is 11.4 Å². The van der Waals surface area contributed by atoms with Gasteiger partial charge in [0.1, 0.15) is 0 Å². The van der Waals surface area contributed by atoms with Crippen LogP contribution >= 0.6 is 11.8 Å². The van der Waals surface area contributed by atoms with Crippen molar-refractivity contribution in [1.82, 2.24) is 5.32 Å². The van der Waals surface area contributed by atoms with Gasteiger partial charge in [-0.2, -0.15) is 5.26 Å². The molecule has 0 aromatic heterocycles. The molecule has 0 aliphatic heterocycles. The predicted octanol–water partition coefficient (Wildman–Crippen LogP) is 2.11. The van der Waals surface area contributed by atoms with Crippen LogP contribution in [0.25, 0.3) is 0 Å². The van der Waals surface area contributed by atoms with E-state index in [2.05, 4.69) is 17.2 Å². The third-order valence-electron chi connectivity index (χ3n) is 2.37. The summed E-state index contributed by atoms with van der Waals surface area (Å²) in [6.45, 7) is 2.24. The van der Waals surface area contributed by atoms with E-state index in [4.69, 9.17) is 5.26 Å². The first-order chi connectivity index (χ1) is 6.20. The molecule has 1 aliphatic carbocycles. The Balaban J connectivity index is 2.51.